The predicted octanol–water partition coefficient (Wildman–Crippen LogP) is 4.85. The van der Waals surface area contributed by atoms with E-state index in [4.69, 9.17) is 14.2 Å². The van der Waals surface area contributed by atoms with E-state index in [1.165, 1.54) is 5.01 Å². The number of aromatic nitrogens is 1. The largest absolute Gasteiger partial charge is 0.493 e. The second kappa shape index (κ2) is 10.2. The first kappa shape index (κ1) is 23.5. The van der Waals surface area contributed by atoms with Crippen molar-refractivity contribution in [3.63, 3.8) is 0 Å². The smallest absolute Gasteiger partial charge is 0.357 e. The number of thiophene rings is 1. The average molecular weight is 502 g/mol. The van der Waals surface area contributed by atoms with E-state index in [1.807, 2.05) is 53.9 Å². The van der Waals surface area contributed by atoms with Crippen molar-refractivity contribution in [1.29, 1.82) is 0 Å². The Morgan fingerprint density at radius 1 is 1.00 bits per heavy atom. The Morgan fingerprint density at radius 2 is 1.83 bits per heavy atom. The summed E-state index contributed by atoms with van der Waals surface area (Å²) in [5.74, 6) is 0.0445. The summed E-state index contributed by atoms with van der Waals surface area (Å²) < 4.78 is 16.1. The molecule has 8 nitrogen and oxygen atoms in total. The molecule has 0 saturated heterocycles. The van der Waals surface area contributed by atoms with Gasteiger partial charge in [-0.3, -0.25) is 4.79 Å². The second-order valence-electron chi connectivity index (χ2n) is 8.06. The fourth-order valence-electron chi connectivity index (χ4n) is 4.10. The Hall–Kier alpha value is -4.24. The molecule has 2 aromatic carbocycles. The number of nitrogens with zero attached hydrogens (tertiary/aromatic N) is 3. The van der Waals surface area contributed by atoms with Crippen LogP contribution in [0.1, 0.15) is 33.4 Å². The average Bonchev–Trinajstić information content (AvgIpc) is 3.61. The molecule has 0 saturated carbocycles. The molecule has 0 spiro atoms. The van der Waals surface area contributed by atoms with Crippen LogP contribution in [0.2, 0.25) is 0 Å². The second-order valence-corrected chi connectivity index (χ2v) is 9.01. The molecule has 1 aliphatic heterocycles. The molecule has 4 aromatic rings. The van der Waals surface area contributed by atoms with Crippen LogP contribution in [-0.4, -0.2) is 48.4 Å². The van der Waals surface area contributed by atoms with Gasteiger partial charge in [0.2, 0.25) is 0 Å². The Kier molecular flexibility index (Phi) is 6.64. The fourth-order valence-corrected chi connectivity index (χ4v) is 4.82. The molecule has 1 amide bonds. The molecule has 1 aliphatic rings. The Morgan fingerprint density at radius 3 is 2.61 bits per heavy atom. The van der Waals surface area contributed by atoms with Crippen molar-refractivity contribution in [3.8, 4) is 11.5 Å². The quantitative estimate of drug-likeness (QED) is 0.336. The van der Waals surface area contributed by atoms with Crippen LogP contribution in [0.5, 0.6) is 11.5 Å². The lowest BCUT2D eigenvalue weighted by Gasteiger charge is -2.22. The van der Waals surface area contributed by atoms with Gasteiger partial charge in [0.05, 0.1) is 36.4 Å². The summed E-state index contributed by atoms with van der Waals surface area (Å²) >= 11 is 1.55. The van der Waals surface area contributed by atoms with Crippen molar-refractivity contribution in [2.75, 3.05) is 20.8 Å². The summed E-state index contributed by atoms with van der Waals surface area (Å²) in [7, 11) is 3.13. The van der Waals surface area contributed by atoms with Crippen molar-refractivity contribution in [2.45, 2.75) is 12.5 Å². The molecule has 0 fully saturated rings. The number of ether oxygens (including phenoxy) is 3. The number of hydrogen-bond donors (Lipinski definition) is 0. The van der Waals surface area contributed by atoms with Crippen LogP contribution in [0.3, 0.4) is 0 Å². The van der Waals surface area contributed by atoms with Gasteiger partial charge in [-0.1, -0.05) is 36.4 Å². The molecular weight excluding hydrogens is 478 g/mol. The van der Waals surface area contributed by atoms with Gasteiger partial charge in [0.1, 0.15) is 5.69 Å². The van der Waals surface area contributed by atoms with Crippen molar-refractivity contribution in [1.82, 2.24) is 9.99 Å². The number of para-hydroxylation sites is 1. The number of esters is 1. The Balaban J connectivity index is 1.36. The summed E-state index contributed by atoms with van der Waals surface area (Å²) in [6.45, 7) is -0.460. The minimum absolute atomic E-state index is 0.141. The highest BCUT2D eigenvalue weighted by Crippen LogP contribution is 2.37. The lowest BCUT2D eigenvalue weighted by Crippen LogP contribution is -2.31. The van der Waals surface area contributed by atoms with Gasteiger partial charge < -0.3 is 14.2 Å². The number of methoxy groups -OCH3 is 2. The minimum atomic E-state index is -0.668. The third kappa shape index (κ3) is 4.65. The van der Waals surface area contributed by atoms with Crippen molar-refractivity contribution in [3.05, 3.63) is 88.2 Å². The molecule has 1 atom stereocenters. The molecule has 9 heteroatoms. The maximum absolute atomic E-state index is 13.2. The lowest BCUT2D eigenvalue weighted by atomic mass is 10.0. The van der Waals surface area contributed by atoms with Crippen molar-refractivity contribution >= 4 is 39.8 Å². The van der Waals surface area contributed by atoms with Gasteiger partial charge in [0, 0.05) is 11.8 Å². The molecule has 0 bridgehead atoms. The molecule has 0 unspecified atom stereocenters. The molecular formula is C27H23N3O5S. The van der Waals surface area contributed by atoms with E-state index in [-0.39, 0.29) is 11.7 Å². The zero-order valence-electron chi connectivity index (χ0n) is 19.7. The van der Waals surface area contributed by atoms with Crippen LogP contribution in [0.4, 0.5) is 0 Å². The summed E-state index contributed by atoms with van der Waals surface area (Å²) in [5, 5.41) is 8.87. The number of pyridine rings is 1. The maximum atomic E-state index is 13.2. The van der Waals surface area contributed by atoms with E-state index < -0.39 is 18.5 Å². The minimum Gasteiger partial charge on any atom is -0.493 e. The molecule has 0 N–H and O–H groups in total. The third-order valence-electron chi connectivity index (χ3n) is 5.90. The highest BCUT2D eigenvalue weighted by Gasteiger charge is 2.34. The van der Waals surface area contributed by atoms with Gasteiger partial charge >= 0.3 is 5.97 Å². The van der Waals surface area contributed by atoms with E-state index in [1.54, 1.807) is 43.8 Å². The number of fused-ring (bicyclic) bond motifs is 1. The number of benzene rings is 2. The van der Waals surface area contributed by atoms with Crippen molar-refractivity contribution in [2.24, 2.45) is 5.10 Å². The van der Waals surface area contributed by atoms with Crippen LogP contribution in [0.25, 0.3) is 10.9 Å². The van der Waals surface area contributed by atoms with Gasteiger partial charge in [-0.2, -0.15) is 5.10 Å². The maximum Gasteiger partial charge on any atom is 0.357 e. The zero-order valence-corrected chi connectivity index (χ0v) is 20.5. The van der Waals surface area contributed by atoms with Gasteiger partial charge in [-0.15, -0.1) is 11.3 Å². The lowest BCUT2D eigenvalue weighted by molar-refractivity contribution is -0.136. The van der Waals surface area contributed by atoms with Crippen LogP contribution < -0.4 is 9.47 Å². The van der Waals surface area contributed by atoms with Gasteiger partial charge in [0.25, 0.3) is 5.91 Å². The SMILES string of the molecule is COc1ccc([C@H]2CC(c3cccs3)=NN2C(=O)COC(=O)c2ccc3ccccc3n2)cc1OC. The summed E-state index contributed by atoms with van der Waals surface area (Å²) in [6.07, 6.45) is 0.516. The fraction of sp³-hybridized carbons (Fsp3) is 0.185. The van der Waals surface area contributed by atoms with Crippen LogP contribution in [0.15, 0.2) is 77.2 Å². The highest BCUT2D eigenvalue weighted by atomic mass is 32.1. The van der Waals surface area contributed by atoms with E-state index in [9.17, 15) is 9.59 Å². The van der Waals surface area contributed by atoms with Crippen molar-refractivity contribution < 1.29 is 23.8 Å². The number of carbonyl (C=O) groups is 2. The van der Waals surface area contributed by atoms with E-state index in [0.29, 0.717) is 23.4 Å². The molecule has 36 heavy (non-hydrogen) atoms. The van der Waals surface area contributed by atoms with Crippen LogP contribution in [-0.2, 0) is 9.53 Å². The topological polar surface area (TPSA) is 90.3 Å². The molecule has 5 rings (SSSR count). The Labute approximate surface area is 211 Å². The number of rotatable bonds is 7. The summed E-state index contributed by atoms with van der Waals surface area (Å²) in [5.41, 5.74) is 2.44. The first-order valence-corrected chi connectivity index (χ1v) is 12.1. The first-order chi connectivity index (χ1) is 17.6. The zero-order chi connectivity index (χ0) is 25.1. The van der Waals surface area contributed by atoms with Gasteiger partial charge in [-0.05, 0) is 41.3 Å². The number of hydrazone groups is 1. The molecule has 0 aliphatic carbocycles. The molecule has 3 heterocycles. The highest BCUT2D eigenvalue weighted by molar-refractivity contribution is 7.12. The van der Waals surface area contributed by atoms with E-state index in [2.05, 4.69) is 10.1 Å². The first-order valence-electron chi connectivity index (χ1n) is 11.3. The summed E-state index contributed by atoms with van der Waals surface area (Å²) in [6, 6.07) is 19.9. The standard InChI is InChI=1S/C27H23N3O5S/c1-33-23-12-10-18(14-24(23)34-2)22-15-21(25-8-5-13-36-25)29-30(22)26(31)16-35-27(32)20-11-9-17-6-3-4-7-19(17)28-20/h3-14,22H,15-16H2,1-2H3/t22-/m1/s1. The molecule has 182 valence electrons. The predicted molar refractivity (Wildman–Crippen MR) is 137 cm³/mol. The normalized spacial score (nSPS) is 15.0. The Bertz CT molecular complexity index is 1450. The number of carbonyl (C=O) groups excluding carboxylic acids is 2. The summed E-state index contributed by atoms with van der Waals surface area (Å²) in [4.78, 5) is 31.2. The van der Waals surface area contributed by atoms with E-state index in [0.717, 1.165) is 21.5 Å². The monoisotopic (exact) mass is 501 g/mol. The van der Waals surface area contributed by atoms with Crippen LogP contribution in [0, 0.1) is 0 Å². The number of hydrogen-bond acceptors (Lipinski definition) is 8. The van der Waals surface area contributed by atoms with E-state index >= 15 is 0 Å². The molecule has 2 aromatic heterocycles. The number of amides is 1. The van der Waals surface area contributed by atoms with Gasteiger partial charge in [0.15, 0.2) is 18.1 Å². The van der Waals surface area contributed by atoms with Gasteiger partial charge in [-0.25, -0.2) is 14.8 Å². The van der Waals surface area contributed by atoms with Crippen LogP contribution >= 0.6 is 11.3 Å². The molecule has 0 radical (unpaired) electrons. The third-order valence-corrected chi connectivity index (χ3v) is 6.82.